The molecule has 2 aliphatic heterocycles. The molecule has 1 saturated heterocycles. The molecule has 0 saturated carbocycles. The van der Waals surface area contributed by atoms with Crippen molar-refractivity contribution in [3.8, 4) is 0 Å². The quantitative estimate of drug-likeness (QED) is 0.499. The maximum Gasteiger partial charge on any atom is 0.223 e. The number of rotatable bonds is 7. The lowest BCUT2D eigenvalue weighted by Gasteiger charge is -2.33. The first-order chi connectivity index (χ1) is 18.9. The maximum atomic E-state index is 13.8. The van der Waals surface area contributed by atoms with Gasteiger partial charge in [0.25, 0.3) is 0 Å². The first kappa shape index (κ1) is 29.3. The van der Waals surface area contributed by atoms with Crippen molar-refractivity contribution in [2.45, 2.75) is 59.4 Å². The van der Waals surface area contributed by atoms with Crippen LogP contribution in [0.25, 0.3) is 0 Å². The van der Waals surface area contributed by atoms with Gasteiger partial charge in [0.05, 0.1) is 0 Å². The fourth-order valence-electron chi connectivity index (χ4n) is 6.10. The van der Waals surface area contributed by atoms with E-state index < -0.39 is 0 Å². The fraction of sp³-hybridized carbons (Fsp3) is 0.576. The highest BCUT2D eigenvalue weighted by molar-refractivity contribution is 5.92. The van der Waals surface area contributed by atoms with E-state index in [1.54, 1.807) is 6.92 Å². The monoisotopic (exact) mass is 532 g/mol. The van der Waals surface area contributed by atoms with Gasteiger partial charge < -0.3 is 19.6 Å². The molecule has 1 fully saturated rings. The van der Waals surface area contributed by atoms with Gasteiger partial charge in [-0.2, -0.15) is 0 Å². The number of amides is 2. The van der Waals surface area contributed by atoms with E-state index in [1.807, 2.05) is 23.1 Å². The average Bonchev–Trinajstić information content (AvgIpc) is 2.96. The first-order valence-corrected chi connectivity index (χ1v) is 15.0. The number of carbonyl (C=O) groups is 2. The lowest BCUT2D eigenvalue weighted by Crippen LogP contribution is -2.41. The van der Waals surface area contributed by atoms with Crippen LogP contribution in [0.15, 0.2) is 54.6 Å². The fourth-order valence-corrected chi connectivity index (χ4v) is 6.10. The van der Waals surface area contributed by atoms with Crippen molar-refractivity contribution >= 4 is 17.5 Å². The summed E-state index contributed by atoms with van der Waals surface area (Å²) in [5, 5.41) is 0. The predicted molar refractivity (Wildman–Crippen MR) is 160 cm³/mol. The summed E-state index contributed by atoms with van der Waals surface area (Å²) in [5.74, 6) is 1.33. The van der Waals surface area contributed by atoms with Crippen molar-refractivity contribution in [1.82, 2.24) is 14.7 Å². The Hall–Kier alpha value is -2.70. The summed E-state index contributed by atoms with van der Waals surface area (Å²) in [6.45, 7) is 14.2. The Morgan fingerprint density at radius 2 is 1.56 bits per heavy atom. The predicted octanol–water partition coefficient (Wildman–Crippen LogP) is 5.07. The maximum absolute atomic E-state index is 13.8. The molecule has 0 radical (unpaired) electrons. The average molecular weight is 533 g/mol. The van der Waals surface area contributed by atoms with E-state index in [0.717, 1.165) is 82.7 Å². The van der Waals surface area contributed by atoms with Gasteiger partial charge in [0, 0.05) is 58.3 Å². The zero-order valence-electron chi connectivity index (χ0n) is 24.4. The van der Waals surface area contributed by atoms with Gasteiger partial charge >= 0.3 is 0 Å². The summed E-state index contributed by atoms with van der Waals surface area (Å²) in [4.78, 5) is 35.4. The highest BCUT2D eigenvalue weighted by atomic mass is 16.2. The third-order valence-corrected chi connectivity index (χ3v) is 8.27. The van der Waals surface area contributed by atoms with Crippen LogP contribution >= 0.6 is 0 Å². The summed E-state index contributed by atoms with van der Waals surface area (Å²) >= 11 is 0. The molecule has 0 spiro atoms. The molecule has 0 bridgehead atoms. The van der Waals surface area contributed by atoms with Gasteiger partial charge in [-0.25, -0.2) is 0 Å². The molecule has 212 valence electrons. The number of piperidine rings is 1. The van der Waals surface area contributed by atoms with Gasteiger partial charge in [-0.15, -0.1) is 0 Å². The standard InChI is InChI=1S/C33H48N4O2/c1-27(2)25-35-17-9-18-37(28(3)38)32-13-8-7-12-31(32)26-36(23-22-35)33(39)24-30-15-20-34(21-16-30)19-14-29-10-5-4-6-11-29/h4-8,10-13,27,30H,9,14-26H2,1-3H3. The summed E-state index contributed by atoms with van der Waals surface area (Å²) in [5.41, 5.74) is 3.41. The molecule has 0 N–H and O–H groups in total. The molecule has 39 heavy (non-hydrogen) atoms. The van der Waals surface area contributed by atoms with E-state index >= 15 is 0 Å². The largest absolute Gasteiger partial charge is 0.337 e. The van der Waals surface area contributed by atoms with Crippen LogP contribution in [0.3, 0.4) is 0 Å². The molecule has 0 aliphatic carbocycles. The van der Waals surface area contributed by atoms with Crippen LogP contribution in [0, 0.1) is 11.8 Å². The molecule has 6 heteroatoms. The SMILES string of the molecule is CC(=O)N1CCCN(CC(C)C)CCN(C(=O)CC2CCN(CCc3ccccc3)CC2)Cc2ccccc21. The highest BCUT2D eigenvalue weighted by Crippen LogP contribution is 2.26. The van der Waals surface area contributed by atoms with Gasteiger partial charge in [-0.3, -0.25) is 9.59 Å². The van der Waals surface area contributed by atoms with E-state index in [9.17, 15) is 9.59 Å². The summed E-state index contributed by atoms with van der Waals surface area (Å²) in [6, 6.07) is 18.8. The third kappa shape index (κ3) is 8.91. The second kappa shape index (κ2) is 14.6. The molecule has 2 aliphatic rings. The number of anilines is 1. The van der Waals surface area contributed by atoms with Crippen molar-refractivity contribution < 1.29 is 9.59 Å². The number of para-hydroxylation sites is 1. The van der Waals surface area contributed by atoms with E-state index in [2.05, 4.69) is 64.9 Å². The van der Waals surface area contributed by atoms with Crippen molar-refractivity contribution in [2.24, 2.45) is 11.8 Å². The van der Waals surface area contributed by atoms with Crippen molar-refractivity contribution in [3.63, 3.8) is 0 Å². The van der Waals surface area contributed by atoms with Gasteiger partial charge in [0.2, 0.25) is 11.8 Å². The Morgan fingerprint density at radius 1 is 0.846 bits per heavy atom. The molecule has 2 aromatic carbocycles. The molecule has 2 amide bonds. The zero-order valence-corrected chi connectivity index (χ0v) is 24.4. The molecule has 0 aromatic heterocycles. The van der Waals surface area contributed by atoms with Crippen LogP contribution in [0.4, 0.5) is 5.69 Å². The molecular formula is C33H48N4O2. The van der Waals surface area contributed by atoms with Gasteiger partial charge in [0.1, 0.15) is 0 Å². The van der Waals surface area contributed by atoms with Crippen molar-refractivity contribution in [1.29, 1.82) is 0 Å². The van der Waals surface area contributed by atoms with E-state index in [-0.39, 0.29) is 11.8 Å². The Morgan fingerprint density at radius 3 is 2.28 bits per heavy atom. The molecule has 6 nitrogen and oxygen atoms in total. The second-order valence-electron chi connectivity index (χ2n) is 11.9. The number of nitrogens with zero attached hydrogens (tertiary/aromatic N) is 4. The minimum absolute atomic E-state index is 0.0639. The normalized spacial score (nSPS) is 18.6. The van der Waals surface area contributed by atoms with Gasteiger partial charge in [0.15, 0.2) is 0 Å². The summed E-state index contributed by atoms with van der Waals surface area (Å²) in [7, 11) is 0. The number of carbonyl (C=O) groups excluding carboxylic acids is 2. The Kier molecular flexibility index (Phi) is 11.0. The van der Waals surface area contributed by atoms with Crippen LogP contribution in [0.2, 0.25) is 0 Å². The van der Waals surface area contributed by atoms with Crippen LogP contribution < -0.4 is 4.90 Å². The molecular weight excluding hydrogens is 484 g/mol. The van der Waals surface area contributed by atoms with Crippen LogP contribution in [0.5, 0.6) is 0 Å². The number of hydrogen-bond donors (Lipinski definition) is 0. The molecule has 4 rings (SSSR count). The highest BCUT2D eigenvalue weighted by Gasteiger charge is 2.26. The van der Waals surface area contributed by atoms with Gasteiger partial charge in [-0.1, -0.05) is 62.4 Å². The number of benzene rings is 2. The van der Waals surface area contributed by atoms with E-state index in [0.29, 0.717) is 31.3 Å². The number of hydrogen-bond acceptors (Lipinski definition) is 4. The summed E-state index contributed by atoms with van der Waals surface area (Å²) in [6.07, 6.45) is 4.81. The topological polar surface area (TPSA) is 47.1 Å². The minimum atomic E-state index is 0.0639. The van der Waals surface area contributed by atoms with Crippen LogP contribution in [-0.2, 0) is 22.6 Å². The van der Waals surface area contributed by atoms with E-state index in [4.69, 9.17) is 0 Å². The Bertz CT molecular complexity index is 1050. The molecule has 0 atom stereocenters. The molecule has 0 unspecified atom stereocenters. The van der Waals surface area contributed by atoms with Crippen LogP contribution in [-0.4, -0.2) is 78.9 Å². The second-order valence-corrected chi connectivity index (χ2v) is 11.9. The van der Waals surface area contributed by atoms with Crippen molar-refractivity contribution in [3.05, 3.63) is 65.7 Å². The lowest BCUT2D eigenvalue weighted by molar-refractivity contribution is -0.133. The number of likely N-dealkylation sites (tertiary alicyclic amines) is 1. The summed E-state index contributed by atoms with van der Waals surface area (Å²) < 4.78 is 0. The first-order valence-electron chi connectivity index (χ1n) is 15.0. The minimum Gasteiger partial charge on any atom is -0.337 e. The lowest BCUT2D eigenvalue weighted by atomic mass is 9.92. The van der Waals surface area contributed by atoms with Crippen molar-refractivity contribution in [2.75, 3.05) is 57.3 Å². The smallest absolute Gasteiger partial charge is 0.223 e. The number of fused-ring (bicyclic) bond motifs is 1. The molecule has 2 aromatic rings. The zero-order chi connectivity index (χ0) is 27.6. The molecule has 2 heterocycles. The van der Waals surface area contributed by atoms with E-state index in [1.165, 1.54) is 5.56 Å². The van der Waals surface area contributed by atoms with Gasteiger partial charge in [-0.05, 0) is 74.3 Å². The Balaban J connectivity index is 1.40. The van der Waals surface area contributed by atoms with Crippen LogP contribution in [0.1, 0.15) is 57.6 Å². The Labute approximate surface area is 236 Å². The third-order valence-electron chi connectivity index (χ3n) is 8.27.